The first-order valence-electron chi connectivity index (χ1n) is 0.710. The van der Waals surface area contributed by atoms with Crippen molar-refractivity contribution in [1.29, 1.82) is 0 Å². The maximum Gasteiger partial charge on any atom is 0.284 e. The van der Waals surface area contributed by atoms with Gasteiger partial charge in [0.1, 0.15) is 0 Å². The standard InChI is InChI=1S/Cl2H2OSi/c1-3-4-2/h4H2. The highest BCUT2D eigenvalue weighted by Crippen LogP contribution is 1.74. The van der Waals surface area contributed by atoms with Gasteiger partial charge >= 0.3 is 0 Å². The molecule has 0 aromatic rings. The van der Waals surface area contributed by atoms with Gasteiger partial charge in [-0.05, 0) is 0 Å². The molecule has 0 fully saturated rings. The average molecular weight is 117 g/mol. The largest absolute Gasteiger partial charge is 0.314 e. The molecule has 0 atom stereocenters. The molecule has 0 aromatic carbocycles. The molecular formula is H2Cl2OSi. The molecule has 0 spiro atoms. The molecule has 4 heteroatoms. The van der Waals surface area contributed by atoms with E-state index in [0.29, 0.717) is 0 Å². The highest BCUT2D eigenvalue weighted by molar-refractivity contribution is 6.91. The van der Waals surface area contributed by atoms with Gasteiger partial charge in [0.25, 0.3) is 9.07 Å². The van der Waals surface area contributed by atoms with Crippen molar-refractivity contribution in [3.8, 4) is 0 Å². The minimum atomic E-state index is -0.838. The Morgan fingerprint density at radius 2 is 2.00 bits per heavy atom. The monoisotopic (exact) mass is 116 g/mol. The summed E-state index contributed by atoms with van der Waals surface area (Å²) < 4.78 is 3.92. The van der Waals surface area contributed by atoms with Crippen molar-refractivity contribution in [2.24, 2.45) is 0 Å². The van der Waals surface area contributed by atoms with Crippen molar-refractivity contribution < 1.29 is 3.98 Å². The van der Waals surface area contributed by atoms with E-state index in [4.69, 9.17) is 11.1 Å². The van der Waals surface area contributed by atoms with E-state index in [-0.39, 0.29) is 0 Å². The van der Waals surface area contributed by atoms with E-state index in [1.165, 1.54) is 0 Å². The minimum Gasteiger partial charge on any atom is -0.314 e. The summed E-state index contributed by atoms with van der Waals surface area (Å²) in [6.45, 7) is 0. The Morgan fingerprint density at radius 3 is 2.00 bits per heavy atom. The second-order valence-corrected chi connectivity index (χ2v) is 1.96. The lowest BCUT2D eigenvalue weighted by atomic mass is 15.9. The van der Waals surface area contributed by atoms with Crippen LogP contribution in [0.5, 0.6) is 0 Å². The summed E-state index contributed by atoms with van der Waals surface area (Å²) in [6.07, 6.45) is 0. The predicted molar refractivity (Wildman–Crippen MR) is 21.3 cm³/mol. The summed E-state index contributed by atoms with van der Waals surface area (Å²) in [5.41, 5.74) is 0. The Labute approximate surface area is 36.7 Å². The fourth-order valence-corrected chi connectivity index (χ4v) is 0. The van der Waals surface area contributed by atoms with Crippen molar-refractivity contribution in [1.82, 2.24) is 0 Å². The zero-order valence-corrected chi connectivity index (χ0v) is 4.80. The molecule has 0 heterocycles. The highest BCUT2D eigenvalue weighted by atomic mass is 35.6. The Kier molecular flexibility index (Phi) is 4.47. The van der Waals surface area contributed by atoms with Crippen molar-refractivity contribution in [3.05, 3.63) is 0 Å². The van der Waals surface area contributed by atoms with Gasteiger partial charge < -0.3 is 3.98 Å². The van der Waals surface area contributed by atoms with Crippen LogP contribution >= 0.6 is 22.9 Å². The summed E-state index contributed by atoms with van der Waals surface area (Å²) in [5.74, 6) is 0. The van der Waals surface area contributed by atoms with Crippen LogP contribution in [0.3, 0.4) is 0 Å². The van der Waals surface area contributed by atoms with Crippen LogP contribution in [0.2, 0.25) is 0 Å². The van der Waals surface area contributed by atoms with Gasteiger partial charge in [-0.15, -0.1) is 11.1 Å². The van der Waals surface area contributed by atoms with Gasteiger partial charge in [0.15, 0.2) is 0 Å². The van der Waals surface area contributed by atoms with Gasteiger partial charge in [0.05, 0.1) is 0 Å². The number of hydrogen-bond donors (Lipinski definition) is 0. The molecule has 0 radical (unpaired) electrons. The topological polar surface area (TPSA) is 9.23 Å². The average Bonchev–Trinajstić information content (AvgIpc) is 1.37. The lowest BCUT2D eigenvalue weighted by Gasteiger charge is -1.67. The molecule has 0 amide bonds. The molecule has 0 unspecified atom stereocenters. The Bertz CT molecular complexity index is 8.00. The van der Waals surface area contributed by atoms with E-state index in [0.717, 1.165) is 0 Å². The molecule has 0 saturated carbocycles. The summed E-state index contributed by atoms with van der Waals surface area (Å²) in [4.78, 5) is 0. The zero-order valence-electron chi connectivity index (χ0n) is 1.87. The first kappa shape index (κ1) is 4.76. The molecule has 1 nitrogen and oxygen atoms in total. The van der Waals surface area contributed by atoms with E-state index in [1.807, 2.05) is 0 Å². The van der Waals surface area contributed by atoms with Crippen molar-refractivity contribution in [2.75, 3.05) is 0 Å². The van der Waals surface area contributed by atoms with Crippen molar-refractivity contribution in [2.45, 2.75) is 0 Å². The molecule has 0 aliphatic rings. The Morgan fingerprint density at radius 1 is 1.75 bits per heavy atom. The van der Waals surface area contributed by atoms with Gasteiger partial charge in [-0.3, -0.25) is 0 Å². The summed E-state index contributed by atoms with van der Waals surface area (Å²) in [5, 5.41) is 0. The van der Waals surface area contributed by atoms with Crippen LogP contribution in [0.15, 0.2) is 0 Å². The molecule has 0 bridgehead atoms. The minimum absolute atomic E-state index is 0.838. The van der Waals surface area contributed by atoms with Gasteiger partial charge in [-0.2, -0.15) is 0 Å². The summed E-state index contributed by atoms with van der Waals surface area (Å²) in [6, 6.07) is 0. The van der Waals surface area contributed by atoms with Crippen molar-refractivity contribution >= 4 is 32.0 Å². The Balaban J connectivity index is 1.97. The van der Waals surface area contributed by atoms with Gasteiger partial charge in [-0.25, -0.2) is 0 Å². The van der Waals surface area contributed by atoms with Crippen LogP contribution in [0.4, 0.5) is 0 Å². The maximum absolute atomic E-state index is 4.97. The first-order chi connectivity index (χ1) is 1.91. The van der Waals surface area contributed by atoms with E-state index in [1.54, 1.807) is 0 Å². The van der Waals surface area contributed by atoms with Gasteiger partial charge in [-0.1, -0.05) is 0 Å². The van der Waals surface area contributed by atoms with Crippen molar-refractivity contribution in [3.63, 3.8) is 0 Å². The SMILES string of the molecule is ClO[SiH2]Cl. The van der Waals surface area contributed by atoms with Gasteiger partial charge in [0, 0.05) is 11.9 Å². The second kappa shape index (κ2) is 3.76. The number of hydrogen-bond acceptors (Lipinski definition) is 1. The first-order valence-corrected chi connectivity index (χ1v) is 3.73. The van der Waals surface area contributed by atoms with Gasteiger partial charge in [0.2, 0.25) is 0 Å². The lowest BCUT2D eigenvalue weighted by Crippen LogP contribution is -1.66. The third-order valence-electron chi connectivity index (χ3n) is 0.0412. The predicted octanol–water partition coefficient (Wildman–Crippen LogP) is 0.394. The van der Waals surface area contributed by atoms with Crippen LogP contribution in [-0.4, -0.2) is 9.07 Å². The zero-order chi connectivity index (χ0) is 3.41. The molecule has 0 aliphatic carbocycles. The molecule has 4 heavy (non-hydrogen) atoms. The Hall–Kier alpha value is 0.757. The molecule has 0 rings (SSSR count). The molecular weight excluding hydrogens is 115 g/mol. The third-order valence-corrected chi connectivity index (χ3v) is 1.11. The molecule has 0 aromatic heterocycles. The molecule has 0 N–H and O–H groups in total. The quantitative estimate of drug-likeness (QED) is 0.356. The van der Waals surface area contributed by atoms with Crippen LogP contribution in [0.1, 0.15) is 0 Å². The highest BCUT2D eigenvalue weighted by Gasteiger charge is 1.62. The fraction of sp³-hybridized carbons (Fsp3) is 0. The fourth-order valence-electron chi connectivity index (χ4n) is 0. The molecule has 0 saturated heterocycles. The van der Waals surface area contributed by atoms with E-state index < -0.39 is 9.07 Å². The molecule has 26 valence electrons. The normalized spacial score (nSPS) is 10.5. The maximum atomic E-state index is 4.97. The van der Waals surface area contributed by atoms with Crippen LogP contribution in [0, 0.1) is 0 Å². The van der Waals surface area contributed by atoms with E-state index in [2.05, 4.69) is 15.8 Å². The second-order valence-electron chi connectivity index (χ2n) is 0.218. The van der Waals surface area contributed by atoms with E-state index in [9.17, 15) is 0 Å². The summed E-state index contributed by atoms with van der Waals surface area (Å²) >= 11 is 9.59. The number of halogens is 2. The smallest absolute Gasteiger partial charge is 0.284 e. The summed E-state index contributed by atoms with van der Waals surface area (Å²) in [7, 11) is -0.838. The molecule has 0 aliphatic heterocycles. The lowest BCUT2D eigenvalue weighted by molar-refractivity contribution is 0.686. The van der Waals surface area contributed by atoms with Crippen LogP contribution < -0.4 is 0 Å². The van der Waals surface area contributed by atoms with E-state index >= 15 is 0 Å². The number of rotatable bonds is 1. The van der Waals surface area contributed by atoms with Crippen LogP contribution in [-0.2, 0) is 3.98 Å². The third kappa shape index (κ3) is 2.76. The van der Waals surface area contributed by atoms with Crippen LogP contribution in [0.25, 0.3) is 0 Å².